The predicted octanol–water partition coefficient (Wildman–Crippen LogP) is -0.496. The molecule has 0 bridgehead atoms. The Balaban J connectivity index is 2.70. The van der Waals surface area contributed by atoms with Crippen molar-refractivity contribution in [2.45, 2.75) is 39.2 Å². The first kappa shape index (κ1) is 14.8. The van der Waals surface area contributed by atoms with E-state index in [1.54, 1.807) is 0 Å². The molecule has 8 heteroatoms. The van der Waals surface area contributed by atoms with Crippen LogP contribution in [0, 0.1) is 0 Å². The quantitative estimate of drug-likeness (QED) is 0.490. The van der Waals surface area contributed by atoms with E-state index in [0.29, 0.717) is 5.06 Å². The Morgan fingerprint density at radius 3 is 2.11 bits per heavy atom. The van der Waals surface area contributed by atoms with Crippen molar-refractivity contribution in [3.63, 3.8) is 0 Å². The second-order valence-electron chi connectivity index (χ2n) is 4.00. The maximum Gasteiger partial charge on any atom is 0.373 e. The third kappa shape index (κ3) is 4.16. The van der Waals surface area contributed by atoms with Gasteiger partial charge in [-0.1, -0.05) is 0 Å². The first-order valence-corrected chi connectivity index (χ1v) is 5.55. The lowest BCUT2D eigenvalue weighted by atomic mass is 10.2. The number of carbonyl (C=O) groups excluding carboxylic acids is 5. The fourth-order valence-electron chi connectivity index (χ4n) is 1.44. The van der Waals surface area contributed by atoms with E-state index in [0.717, 1.165) is 6.92 Å². The molecule has 1 atom stereocenters. The maximum atomic E-state index is 11.7. The van der Waals surface area contributed by atoms with Gasteiger partial charge in [0.05, 0.1) is 6.42 Å². The van der Waals surface area contributed by atoms with Crippen molar-refractivity contribution in [3.8, 4) is 0 Å². The minimum atomic E-state index is -1.46. The molecule has 0 saturated carbocycles. The number of Topliss-reactive ketones (excluding diaryl/α,β-unsaturated/α-hetero) is 1. The monoisotopic (exact) mass is 271 g/mol. The van der Waals surface area contributed by atoms with E-state index >= 15 is 0 Å². The number of hydroxylamine groups is 2. The zero-order valence-corrected chi connectivity index (χ0v) is 10.5. The van der Waals surface area contributed by atoms with E-state index in [1.807, 2.05) is 0 Å². The minimum Gasteiger partial charge on any atom is -0.450 e. The van der Waals surface area contributed by atoms with Crippen LogP contribution in [0.3, 0.4) is 0 Å². The second kappa shape index (κ2) is 6.07. The number of ether oxygens (including phenoxy) is 1. The highest BCUT2D eigenvalue weighted by molar-refractivity contribution is 6.02. The Kier molecular flexibility index (Phi) is 4.74. The fraction of sp³-hybridized carbons (Fsp3) is 0.545. The Hall–Kier alpha value is -2.25. The highest BCUT2D eigenvalue weighted by Gasteiger charge is 2.36. The molecular weight excluding hydrogens is 258 g/mol. The van der Waals surface area contributed by atoms with Gasteiger partial charge in [-0.3, -0.25) is 19.2 Å². The average Bonchev–Trinajstić information content (AvgIpc) is 2.58. The van der Waals surface area contributed by atoms with E-state index in [4.69, 9.17) is 0 Å². The minimum absolute atomic E-state index is 0.0446. The van der Waals surface area contributed by atoms with Gasteiger partial charge >= 0.3 is 11.9 Å². The zero-order chi connectivity index (χ0) is 14.6. The van der Waals surface area contributed by atoms with Crippen LogP contribution in [0.5, 0.6) is 0 Å². The summed E-state index contributed by atoms with van der Waals surface area (Å²) in [5.41, 5.74) is 0. The van der Waals surface area contributed by atoms with Gasteiger partial charge < -0.3 is 9.57 Å². The number of esters is 1. The van der Waals surface area contributed by atoms with Gasteiger partial charge in [-0.15, -0.1) is 5.06 Å². The topological polar surface area (TPSA) is 107 Å². The molecular formula is C11H13NO7. The van der Waals surface area contributed by atoms with Crippen LogP contribution in [0.15, 0.2) is 0 Å². The lowest BCUT2D eigenvalue weighted by Crippen LogP contribution is -2.38. The van der Waals surface area contributed by atoms with Gasteiger partial charge in [0.15, 0.2) is 0 Å². The van der Waals surface area contributed by atoms with Gasteiger partial charge in [0.25, 0.3) is 11.8 Å². The molecule has 0 radical (unpaired) electrons. The number of carbonyl (C=O) groups is 5. The van der Waals surface area contributed by atoms with Gasteiger partial charge in [0, 0.05) is 19.8 Å². The van der Waals surface area contributed by atoms with Gasteiger partial charge in [0.2, 0.25) is 6.10 Å². The number of nitrogens with zero attached hydrogens (tertiary/aromatic N) is 1. The molecule has 104 valence electrons. The summed E-state index contributed by atoms with van der Waals surface area (Å²) >= 11 is 0. The summed E-state index contributed by atoms with van der Waals surface area (Å²) in [6.45, 7) is 2.27. The predicted molar refractivity (Wildman–Crippen MR) is 58.0 cm³/mol. The molecule has 1 rings (SSSR count). The van der Waals surface area contributed by atoms with Crippen LogP contribution in [0.4, 0.5) is 0 Å². The summed E-state index contributed by atoms with van der Waals surface area (Å²) < 4.78 is 4.62. The number of hydrogen-bond donors (Lipinski definition) is 0. The van der Waals surface area contributed by atoms with Crippen molar-refractivity contribution in [2.24, 2.45) is 0 Å². The summed E-state index contributed by atoms with van der Waals surface area (Å²) in [5.74, 6) is -3.61. The van der Waals surface area contributed by atoms with Gasteiger partial charge in [-0.25, -0.2) is 4.79 Å². The van der Waals surface area contributed by atoms with E-state index in [2.05, 4.69) is 9.57 Å². The molecule has 1 aliphatic rings. The van der Waals surface area contributed by atoms with Crippen molar-refractivity contribution in [1.82, 2.24) is 5.06 Å². The van der Waals surface area contributed by atoms with Crippen LogP contribution in [0.25, 0.3) is 0 Å². The summed E-state index contributed by atoms with van der Waals surface area (Å²) in [7, 11) is 0. The maximum absolute atomic E-state index is 11.7. The molecule has 8 nitrogen and oxygen atoms in total. The van der Waals surface area contributed by atoms with Crippen LogP contribution in [-0.4, -0.2) is 40.7 Å². The molecule has 0 aromatic heterocycles. The van der Waals surface area contributed by atoms with Crippen LogP contribution >= 0.6 is 0 Å². The molecule has 1 fully saturated rings. The average molecular weight is 271 g/mol. The summed E-state index contributed by atoms with van der Waals surface area (Å²) in [4.78, 5) is 60.5. The molecule has 19 heavy (non-hydrogen) atoms. The molecule has 1 aliphatic heterocycles. The van der Waals surface area contributed by atoms with Crippen molar-refractivity contribution in [3.05, 3.63) is 0 Å². The number of ketones is 1. The van der Waals surface area contributed by atoms with E-state index in [-0.39, 0.29) is 19.3 Å². The molecule has 0 aliphatic carbocycles. The Bertz CT molecular complexity index is 410. The van der Waals surface area contributed by atoms with Gasteiger partial charge in [0.1, 0.15) is 5.78 Å². The number of rotatable bonds is 5. The van der Waals surface area contributed by atoms with Crippen LogP contribution < -0.4 is 0 Å². The van der Waals surface area contributed by atoms with E-state index in [1.165, 1.54) is 6.92 Å². The number of amides is 2. The summed E-state index contributed by atoms with van der Waals surface area (Å²) in [6.07, 6.45) is -1.93. The molecule has 1 heterocycles. The lowest BCUT2D eigenvalue weighted by Gasteiger charge is -2.17. The molecule has 0 N–H and O–H groups in total. The summed E-state index contributed by atoms with van der Waals surface area (Å²) in [6, 6.07) is 0. The SMILES string of the molecule is CC(=O)C[C@H](OC(C)=O)C(=O)ON1C(=O)CCC1=O. The Labute approximate surface area is 108 Å². The van der Waals surface area contributed by atoms with Crippen molar-refractivity contribution in [1.29, 1.82) is 0 Å². The van der Waals surface area contributed by atoms with Crippen LogP contribution in [0.1, 0.15) is 33.1 Å². The molecule has 0 spiro atoms. The fourth-order valence-corrected chi connectivity index (χ4v) is 1.44. The standard InChI is InChI=1S/C11H13NO7/c1-6(13)5-8(18-7(2)14)11(17)19-12-9(15)3-4-10(12)16/h8H,3-5H2,1-2H3/t8-/m0/s1. The third-order valence-corrected chi connectivity index (χ3v) is 2.23. The van der Waals surface area contributed by atoms with E-state index in [9.17, 15) is 24.0 Å². The number of hydrogen-bond acceptors (Lipinski definition) is 7. The smallest absolute Gasteiger partial charge is 0.373 e. The highest BCUT2D eigenvalue weighted by Crippen LogP contribution is 2.14. The van der Waals surface area contributed by atoms with Crippen LogP contribution in [-0.2, 0) is 33.5 Å². The van der Waals surface area contributed by atoms with Crippen molar-refractivity contribution in [2.75, 3.05) is 0 Å². The molecule has 1 saturated heterocycles. The van der Waals surface area contributed by atoms with E-state index < -0.39 is 35.6 Å². The van der Waals surface area contributed by atoms with Gasteiger partial charge in [-0.05, 0) is 6.92 Å². The normalized spacial score (nSPS) is 16.2. The number of imide groups is 1. The Morgan fingerprint density at radius 1 is 1.16 bits per heavy atom. The van der Waals surface area contributed by atoms with Gasteiger partial charge in [-0.2, -0.15) is 0 Å². The lowest BCUT2D eigenvalue weighted by molar-refractivity contribution is -0.205. The van der Waals surface area contributed by atoms with Crippen LogP contribution in [0.2, 0.25) is 0 Å². The summed E-state index contributed by atoms with van der Waals surface area (Å²) in [5, 5.41) is 0.332. The molecule has 0 aromatic rings. The third-order valence-electron chi connectivity index (χ3n) is 2.23. The zero-order valence-electron chi connectivity index (χ0n) is 10.5. The first-order chi connectivity index (χ1) is 8.81. The molecule has 0 aromatic carbocycles. The first-order valence-electron chi connectivity index (χ1n) is 5.55. The molecule has 0 unspecified atom stereocenters. The largest absolute Gasteiger partial charge is 0.450 e. The highest BCUT2D eigenvalue weighted by atomic mass is 16.7. The second-order valence-corrected chi connectivity index (χ2v) is 4.00. The Morgan fingerprint density at radius 2 is 1.68 bits per heavy atom. The van der Waals surface area contributed by atoms with Crippen molar-refractivity contribution < 1.29 is 33.5 Å². The molecule has 2 amide bonds. The van der Waals surface area contributed by atoms with Crippen molar-refractivity contribution >= 4 is 29.5 Å².